The van der Waals surface area contributed by atoms with Crippen LogP contribution in [0.3, 0.4) is 0 Å². The first kappa shape index (κ1) is 15.0. The van der Waals surface area contributed by atoms with Gasteiger partial charge in [-0.25, -0.2) is 4.39 Å². The smallest absolute Gasteiger partial charge is 0.266 e. The highest BCUT2D eigenvalue weighted by molar-refractivity contribution is 6.30. The van der Waals surface area contributed by atoms with Crippen molar-refractivity contribution in [3.05, 3.63) is 64.2 Å². The van der Waals surface area contributed by atoms with E-state index < -0.39 is 11.7 Å². The molecule has 0 aliphatic rings. The Hall–Kier alpha value is -2.91. The van der Waals surface area contributed by atoms with Crippen molar-refractivity contribution >= 4 is 28.5 Å². The highest BCUT2D eigenvalue weighted by atomic mass is 35.5. The lowest BCUT2D eigenvalue weighted by Crippen LogP contribution is -2.17. The summed E-state index contributed by atoms with van der Waals surface area (Å²) in [5.41, 5.74) is 2.96. The van der Waals surface area contributed by atoms with E-state index in [4.69, 9.17) is 16.9 Å². The molecule has 0 radical (unpaired) electrons. The molecule has 23 heavy (non-hydrogen) atoms. The molecule has 2 aromatic heterocycles. The van der Waals surface area contributed by atoms with Gasteiger partial charge < -0.3 is 4.98 Å². The molecule has 3 aromatic rings. The Morgan fingerprint density at radius 3 is 2.96 bits per heavy atom. The number of nitriles is 1. The van der Waals surface area contributed by atoms with Crippen LogP contribution >= 0.6 is 11.6 Å². The summed E-state index contributed by atoms with van der Waals surface area (Å²) in [6.45, 7) is 0. The average Bonchev–Trinajstić information content (AvgIpc) is 2.93. The second-order valence-electron chi connectivity index (χ2n) is 4.90. The molecule has 0 unspecified atom stereocenters. The van der Waals surface area contributed by atoms with E-state index >= 15 is 0 Å². The molecule has 114 valence electrons. The number of aromatic nitrogens is 2. The first-order chi connectivity index (χ1) is 11.1. The summed E-state index contributed by atoms with van der Waals surface area (Å²) in [6.07, 6.45) is 3.53. The number of aromatic amines is 1. The summed E-state index contributed by atoms with van der Waals surface area (Å²) in [5, 5.41) is 10.7. The molecule has 0 atom stereocenters. The molecule has 0 saturated heterocycles. The number of fused-ring (bicyclic) bond motifs is 1. The molecule has 2 heterocycles. The summed E-state index contributed by atoms with van der Waals surface area (Å²) in [5.74, 6) is -0.988. The minimum Gasteiger partial charge on any atom is -0.356 e. The first-order valence-electron chi connectivity index (χ1n) is 6.68. The molecule has 0 aliphatic carbocycles. The quantitative estimate of drug-likeness (QED) is 0.572. The van der Waals surface area contributed by atoms with Gasteiger partial charge in [0.15, 0.2) is 6.19 Å². The maximum absolute atomic E-state index is 13.5. The summed E-state index contributed by atoms with van der Waals surface area (Å²) in [6, 6.07) is 7.90. The second kappa shape index (κ2) is 6.07. The largest absolute Gasteiger partial charge is 0.356 e. The zero-order valence-corrected chi connectivity index (χ0v) is 12.5. The number of rotatable bonds is 3. The van der Waals surface area contributed by atoms with Crippen molar-refractivity contribution in [2.24, 2.45) is 0 Å². The molecule has 0 spiro atoms. The van der Waals surface area contributed by atoms with E-state index in [1.54, 1.807) is 18.3 Å². The molecule has 2 N–H and O–H groups in total. The lowest BCUT2D eigenvalue weighted by Gasteiger charge is -2.01. The number of benzene rings is 1. The standard InChI is InChI=1S/C16H10ClFN4O/c17-12-2-1-9(6-13(12)18)5-10-7-14-15(22-10)11(3-4-20-14)16(23)21-8-19/h1-4,6-7,22H,5H2,(H,21,23). The lowest BCUT2D eigenvalue weighted by atomic mass is 10.1. The van der Waals surface area contributed by atoms with Gasteiger partial charge in [-0.2, -0.15) is 5.26 Å². The van der Waals surface area contributed by atoms with Crippen molar-refractivity contribution in [2.75, 3.05) is 0 Å². The van der Waals surface area contributed by atoms with E-state index in [1.165, 1.54) is 24.4 Å². The van der Waals surface area contributed by atoms with Crippen molar-refractivity contribution in [1.82, 2.24) is 15.3 Å². The van der Waals surface area contributed by atoms with Crippen molar-refractivity contribution in [3.63, 3.8) is 0 Å². The van der Waals surface area contributed by atoms with Crippen molar-refractivity contribution in [3.8, 4) is 6.19 Å². The number of halogens is 2. The topological polar surface area (TPSA) is 81.6 Å². The molecule has 3 rings (SSSR count). The molecular weight excluding hydrogens is 319 g/mol. The molecule has 0 bridgehead atoms. The monoisotopic (exact) mass is 328 g/mol. The van der Waals surface area contributed by atoms with Gasteiger partial charge >= 0.3 is 0 Å². The predicted octanol–water partition coefficient (Wildman–Crippen LogP) is 3.16. The van der Waals surface area contributed by atoms with Crippen LogP contribution in [0.15, 0.2) is 36.5 Å². The third-order valence-corrected chi connectivity index (χ3v) is 3.68. The lowest BCUT2D eigenvalue weighted by molar-refractivity contribution is 0.0974. The van der Waals surface area contributed by atoms with Crippen LogP contribution in [0.5, 0.6) is 0 Å². The Bertz CT molecular complexity index is 945. The normalized spacial score (nSPS) is 10.5. The molecule has 1 aromatic carbocycles. The van der Waals surface area contributed by atoms with E-state index in [1.807, 2.05) is 0 Å². The number of hydrogen-bond donors (Lipinski definition) is 2. The number of nitrogens with one attached hydrogen (secondary N) is 2. The van der Waals surface area contributed by atoms with Gasteiger partial charge in [-0.05, 0) is 29.8 Å². The Morgan fingerprint density at radius 1 is 1.39 bits per heavy atom. The van der Waals surface area contributed by atoms with E-state index in [0.717, 1.165) is 11.3 Å². The van der Waals surface area contributed by atoms with Gasteiger partial charge in [0, 0.05) is 18.3 Å². The summed E-state index contributed by atoms with van der Waals surface area (Å²) in [7, 11) is 0. The van der Waals surface area contributed by atoms with Crippen LogP contribution in [0, 0.1) is 17.3 Å². The SMILES string of the molecule is N#CNC(=O)c1ccnc2cc(Cc3ccc(Cl)c(F)c3)[nH]c12. The van der Waals surface area contributed by atoms with Crippen molar-refractivity contribution < 1.29 is 9.18 Å². The van der Waals surface area contributed by atoms with Crippen LogP contribution < -0.4 is 5.32 Å². The van der Waals surface area contributed by atoms with Crippen LogP contribution in [0.2, 0.25) is 5.02 Å². The molecule has 7 heteroatoms. The Balaban J connectivity index is 1.97. The van der Waals surface area contributed by atoms with E-state index in [9.17, 15) is 9.18 Å². The Kier molecular flexibility index (Phi) is 3.96. The number of carbonyl (C=O) groups excluding carboxylic acids is 1. The van der Waals surface area contributed by atoms with Crippen molar-refractivity contribution in [2.45, 2.75) is 6.42 Å². The van der Waals surface area contributed by atoms with Gasteiger partial charge in [0.05, 0.1) is 21.6 Å². The third kappa shape index (κ3) is 3.00. The third-order valence-electron chi connectivity index (χ3n) is 3.37. The number of amides is 1. The Labute approximate surface area is 135 Å². The van der Waals surface area contributed by atoms with Gasteiger partial charge in [0.1, 0.15) is 5.82 Å². The summed E-state index contributed by atoms with van der Waals surface area (Å²) in [4.78, 5) is 19.1. The van der Waals surface area contributed by atoms with Crippen LogP contribution in [-0.2, 0) is 6.42 Å². The molecule has 0 saturated carbocycles. The van der Waals surface area contributed by atoms with Gasteiger partial charge in [0.2, 0.25) is 0 Å². The van der Waals surface area contributed by atoms with Crippen molar-refractivity contribution in [1.29, 1.82) is 5.26 Å². The van der Waals surface area contributed by atoms with Gasteiger partial charge in [0.25, 0.3) is 5.91 Å². The molecule has 5 nitrogen and oxygen atoms in total. The number of hydrogen-bond acceptors (Lipinski definition) is 3. The zero-order valence-electron chi connectivity index (χ0n) is 11.7. The number of carbonyl (C=O) groups is 1. The number of pyridine rings is 1. The summed E-state index contributed by atoms with van der Waals surface area (Å²) >= 11 is 5.67. The maximum atomic E-state index is 13.5. The average molecular weight is 329 g/mol. The van der Waals surface area contributed by atoms with Gasteiger partial charge in [-0.15, -0.1) is 0 Å². The fourth-order valence-electron chi connectivity index (χ4n) is 2.35. The second-order valence-corrected chi connectivity index (χ2v) is 5.31. The fraction of sp³-hybridized carbons (Fsp3) is 0.0625. The minimum absolute atomic E-state index is 0.0718. The number of nitrogens with zero attached hydrogens (tertiary/aromatic N) is 2. The fourth-order valence-corrected chi connectivity index (χ4v) is 2.47. The van der Waals surface area contributed by atoms with E-state index in [-0.39, 0.29) is 5.02 Å². The van der Waals surface area contributed by atoms with Crippen LogP contribution in [0.25, 0.3) is 11.0 Å². The van der Waals surface area contributed by atoms with Gasteiger partial charge in [-0.3, -0.25) is 15.1 Å². The highest BCUT2D eigenvalue weighted by Gasteiger charge is 2.13. The molecule has 0 fully saturated rings. The first-order valence-corrected chi connectivity index (χ1v) is 7.06. The zero-order chi connectivity index (χ0) is 16.4. The van der Waals surface area contributed by atoms with Crippen LogP contribution in [0.1, 0.15) is 21.6 Å². The van der Waals surface area contributed by atoms with E-state index in [2.05, 4.69) is 15.3 Å². The number of H-pyrrole nitrogens is 1. The molecule has 0 aliphatic heterocycles. The van der Waals surface area contributed by atoms with E-state index in [0.29, 0.717) is 23.0 Å². The van der Waals surface area contributed by atoms with Crippen LogP contribution in [0.4, 0.5) is 4.39 Å². The predicted molar refractivity (Wildman–Crippen MR) is 83.4 cm³/mol. The molecule has 1 amide bonds. The summed E-state index contributed by atoms with van der Waals surface area (Å²) < 4.78 is 13.5. The minimum atomic E-state index is -0.508. The maximum Gasteiger partial charge on any atom is 0.266 e. The Morgan fingerprint density at radius 2 is 2.22 bits per heavy atom. The van der Waals surface area contributed by atoms with Gasteiger partial charge in [-0.1, -0.05) is 17.7 Å². The van der Waals surface area contributed by atoms with Crippen LogP contribution in [-0.4, -0.2) is 15.9 Å². The highest BCUT2D eigenvalue weighted by Crippen LogP contribution is 2.21. The molecular formula is C16H10ClFN4O.